The lowest BCUT2D eigenvalue weighted by atomic mass is 9.84. The second-order valence-corrected chi connectivity index (χ2v) is 18.7. The predicted octanol–water partition coefficient (Wildman–Crippen LogP) is 10.5. The molecule has 12 nitrogen and oxygen atoms in total. The highest BCUT2D eigenvalue weighted by molar-refractivity contribution is 5.91. The first-order valence-corrected chi connectivity index (χ1v) is 22.9. The largest absolute Gasteiger partial charge is 0.353 e. The Kier molecular flexibility index (Phi) is 11.5. The van der Waals surface area contributed by atoms with Crippen LogP contribution in [0.1, 0.15) is 148 Å². The highest BCUT2D eigenvalue weighted by Gasteiger charge is 2.27. The molecule has 62 heavy (non-hydrogen) atoms. The number of pyridine rings is 4. The molecule has 0 atom stereocenters. The summed E-state index contributed by atoms with van der Waals surface area (Å²) in [5.74, 6) is 1.83. The van der Waals surface area contributed by atoms with Crippen molar-refractivity contribution >= 4 is 33.4 Å². The van der Waals surface area contributed by atoms with E-state index in [1.54, 1.807) is 12.7 Å². The van der Waals surface area contributed by atoms with Crippen LogP contribution in [-0.2, 0) is 0 Å². The number of rotatable bonds is 8. The van der Waals surface area contributed by atoms with Crippen molar-refractivity contribution in [3.05, 3.63) is 94.1 Å². The minimum atomic E-state index is 0.359. The molecule has 2 fully saturated rings. The van der Waals surface area contributed by atoms with E-state index >= 15 is 0 Å². The maximum Gasteiger partial charge on any atom is 0.158 e. The lowest BCUT2D eigenvalue weighted by molar-refractivity contribution is 0.355. The van der Waals surface area contributed by atoms with Gasteiger partial charge in [-0.25, -0.2) is 19.0 Å². The summed E-state index contributed by atoms with van der Waals surface area (Å²) in [6.45, 7) is 17.6. The monoisotopic (exact) mass is 833 g/mol. The number of H-pyrrole nitrogens is 2. The molecule has 0 unspecified atom stereocenters. The van der Waals surface area contributed by atoms with Gasteiger partial charge in [0, 0.05) is 70.0 Å². The van der Waals surface area contributed by atoms with Crippen LogP contribution in [0.3, 0.4) is 0 Å². The van der Waals surface area contributed by atoms with Crippen LogP contribution in [0.25, 0.3) is 55.9 Å². The molecule has 0 spiro atoms. The minimum absolute atomic E-state index is 0.359. The van der Waals surface area contributed by atoms with Crippen molar-refractivity contribution in [3.8, 4) is 22.5 Å². The highest BCUT2D eigenvalue weighted by atomic mass is 15.3. The Morgan fingerprint density at radius 1 is 0.548 bits per heavy atom. The molecule has 0 aliphatic heterocycles. The number of hydrogen-bond acceptors (Lipinski definition) is 8. The van der Waals surface area contributed by atoms with Crippen molar-refractivity contribution in [3.63, 3.8) is 0 Å². The second kappa shape index (κ2) is 17.0. The number of hydrogen-bond donors (Lipinski definition) is 4. The van der Waals surface area contributed by atoms with Gasteiger partial charge in [0.05, 0.1) is 33.5 Å². The third-order valence-corrected chi connectivity index (χ3v) is 14.5. The van der Waals surface area contributed by atoms with Crippen LogP contribution in [0.15, 0.2) is 49.3 Å². The summed E-state index contributed by atoms with van der Waals surface area (Å²) in [4.78, 5) is 26.7. The predicted molar refractivity (Wildman–Crippen MR) is 251 cm³/mol. The second-order valence-electron chi connectivity index (χ2n) is 18.7. The normalized spacial score (nSPS) is 19.7. The minimum Gasteiger partial charge on any atom is -0.353 e. The molecule has 2 aliphatic carbocycles. The summed E-state index contributed by atoms with van der Waals surface area (Å²) < 4.78 is 3.76. The summed E-state index contributed by atoms with van der Waals surface area (Å²) >= 11 is 0. The first-order valence-electron chi connectivity index (χ1n) is 22.9. The van der Waals surface area contributed by atoms with E-state index in [-0.39, 0.29) is 0 Å². The van der Waals surface area contributed by atoms with Gasteiger partial charge >= 0.3 is 0 Å². The van der Waals surface area contributed by atoms with Crippen molar-refractivity contribution < 1.29 is 0 Å². The van der Waals surface area contributed by atoms with E-state index in [0.29, 0.717) is 35.8 Å². The molecule has 0 saturated heterocycles. The van der Waals surface area contributed by atoms with Crippen molar-refractivity contribution in [1.29, 1.82) is 0 Å². The van der Waals surface area contributed by atoms with E-state index in [4.69, 9.17) is 9.97 Å². The molecule has 8 aromatic heterocycles. The zero-order chi connectivity index (χ0) is 43.4. The molecular formula is C50H64N12. The maximum absolute atomic E-state index is 5.24. The van der Waals surface area contributed by atoms with Gasteiger partial charge in [0.1, 0.15) is 12.7 Å². The molecule has 0 aromatic carbocycles. The zero-order valence-electron chi connectivity index (χ0n) is 38.3. The van der Waals surface area contributed by atoms with Gasteiger partial charge in [0.25, 0.3) is 0 Å². The third-order valence-electron chi connectivity index (χ3n) is 14.5. The van der Waals surface area contributed by atoms with Crippen LogP contribution < -0.4 is 10.6 Å². The topological polar surface area (TPSA) is 142 Å². The summed E-state index contributed by atoms with van der Waals surface area (Å²) in [6.07, 6.45) is 17.2. The lowest BCUT2D eigenvalue weighted by Crippen LogP contribution is -2.29. The molecule has 324 valence electrons. The van der Waals surface area contributed by atoms with E-state index in [0.717, 1.165) is 44.7 Å². The summed E-state index contributed by atoms with van der Waals surface area (Å²) in [6, 6.07) is 10.2. The Bertz CT molecular complexity index is 2680. The van der Waals surface area contributed by atoms with Gasteiger partial charge < -0.3 is 20.6 Å². The highest BCUT2D eigenvalue weighted by Crippen LogP contribution is 2.41. The zero-order valence-corrected chi connectivity index (χ0v) is 38.3. The summed E-state index contributed by atoms with van der Waals surface area (Å²) in [5, 5.41) is 15.7. The van der Waals surface area contributed by atoms with Crippen LogP contribution in [0, 0.1) is 27.7 Å². The number of fused-ring (bicyclic) bond motifs is 4. The number of aromatic amines is 2. The standard InChI is InChI=1S/2C25H32N6/c2*1-14(2)22-23(19-12-31-25(27-13-28-31)16(4)15(19)3)30-21-11-10-20(29-24(21)22)17-6-8-18(26-5)9-7-17/h2*10-14,17-18,26,30H,6-9H2,1-5H3. The van der Waals surface area contributed by atoms with Gasteiger partial charge in [-0.1, -0.05) is 27.7 Å². The lowest BCUT2D eigenvalue weighted by Gasteiger charge is -2.27. The van der Waals surface area contributed by atoms with Gasteiger partial charge in [-0.05, 0) is 152 Å². The Morgan fingerprint density at radius 3 is 1.29 bits per heavy atom. The Labute approximate surface area is 365 Å². The van der Waals surface area contributed by atoms with Crippen LogP contribution in [0.2, 0.25) is 0 Å². The van der Waals surface area contributed by atoms with Gasteiger partial charge in [-0.2, -0.15) is 10.2 Å². The fraction of sp³-hybridized carbons (Fsp3) is 0.480. The molecule has 0 bridgehead atoms. The van der Waals surface area contributed by atoms with Crippen molar-refractivity contribution in [2.75, 3.05) is 14.1 Å². The molecule has 0 amide bonds. The fourth-order valence-electron chi connectivity index (χ4n) is 10.5. The van der Waals surface area contributed by atoms with Gasteiger partial charge in [-0.15, -0.1) is 0 Å². The SMILES string of the molecule is CNC1CCC(c2ccc3[nH]c(-c4cn5ncnc5c(C)c4C)c(C(C)C)c3n2)CC1.CNC1CCC(c2ccc3[nH]c(-c4cn5ncnc5c(C)c4C)c(C(C)C)c3n2)CC1. The maximum atomic E-state index is 5.24. The number of nitrogens with one attached hydrogen (secondary N) is 4. The molecule has 10 rings (SSSR count). The number of nitrogens with zero attached hydrogens (tertiary/aromatic N) is 8. The molecule has 2 aliphatic rings. The van der Waals surface area contributed by atoms with Crippen LogP contribution in [0.5, 0.6) is 0 Å². The first kappa shape index (κ1) is 41.9. The van der Waals surface area contributed by atoms with Gasteiger partial charge in [0.15, 0.2) is 11.3 Å². The Balaban J connectivity index is 0.000000158. The fourth-order valence-corrected chi connectivity index (χ4v) is 10.5. The third kappa shape index (κ3) is 7.48. The van der Waals surface area contributed by atoms with E-state index in [1.807, 2.05) is 9.03 Å². The molecule has 0 radical (unpaired) electrons. The molecular weight excluding hydrogens is 769 g/mol. The van der Waals surface area contributed by atoms with Crippen LogP contribution >= 0.6 is 0 Å². The molecule has 8 heterocycles. The van der Waals surface area contributed by atoms with Crippen molar-refractivity contribution in [2.24, 2.45) is 0 Å². The first-order chi connectivity index (χ1) is 29.9. The summed E-state index contributed by atoms with van der Waals surface area (Å²) in [7, 11) is 4.15. The quantitative estimate of drug-likeness (QED) is 0.119. The molecule has 8 aromatic rings. The van der Waals surface area contributed by atoms with Crippen LogP contribution in [0.4, 0.5) is 0 Å². The molecule has 4 N–H and O–H groups in total. The van der Waals surface area contributed by atoms with E-state index in [2.05, 4.69) is 147 Å². The van der Waals surface area contributed by atoms with Gasteiger partial charge in [-0.3, -0.25) is 9.97 Å². The van der Waals surface area contributed by atoms with E-state index < -0.39 is 0 Å². The smallest absolute Gasteiger partial charge is 0.158 e. The number of aryl methyl sites for hydroxylation is 2. The van der Waals surface area contributed by atoms with Crippen LogP contribution in [-0.4, -0.2) is 75.3 Å². The van der Waals surface area contributed by atoms with Crippen molar-refractivity contribution in [2.45, 2.75) is 143 Å². The van der Waals surface area contributed by atoms with Crippen molar-refractivity contribution in [1.82, 2.24) is 59.8 Å². The van der Waals surface area contributed by atoms with E-state index in [1.165, 1.54) is 107 Å². The Morgan fingerprint density at radius 2 is 0.935 bits per heavy atom. The average molecular weight is 833 g/mol. The average Bonchev–Trinajstić information content (AvgIpc) is 4.11. The van der Waals surface area contributed by atoms with E-state index in [9.17, 15) is 0 Å². The molecule has 12 heteroatoms. The van der Waals surface area contributed by atoms with Gasteiger partial charge in [0.2, 0.25) is 0 Å². The summed E-state index contributed by atoms with van der Waals surface area (Å²) in [5.41, 5.74) is 20.8. The molecule has 2 saturated carbocycles. The Hall–Kier alpha value is -5.46. The number of aromatic nitrogens is 10.